The highest BCUT2D eigenvalue weighted by atomic mass is 32.2. The first-order chi connectivity index (χ1) is 8.32. The number of hydrogen-bond acceptors (Lipinski definition) is 2. The molecule has 0 bridgehead atoms. The van der Waals surface area contributed by atoms with Crippen LogP contribution in [-0.4, -0.2) is 18.1 Å². The molecule has 0 amide bonds. The first kappa shape index (κ1) is 15.3. The van der Waals surface area contributed by atoms with Gasteiger partial charge in [0.05, 0.1) is 5.56 Å². The summed E-state index contributed by atoms with van der Waals surface area (Å²) in [5, 5.41) is 3.37. The summed E-state index contributed by atoms with van der Waals surface area (Å²) < 4.78 is 50.5. The van der Waals surface area contributed by atoms with E-state index in [1.807, 2.05) is 13.2 Å². The predicted octanol–water partition coefficient (Wildman–Crippen LogP) is 3.69. The second-order valence-electron chi connectivity index (χ2n) is 4.02. The molecule has 1 rings (SSSR count). The van der Waals surface area contributed by atoms with Crippen molar-refractivity contribution >= 4 is 11.8 Å². The topological polar surface area (TPSA) is 12.0 Å². The van der Waals surface area contributed by atoms with Crippen LogP contribution in [0.4, 0.5) is 17.6 Å². The molecule has 102 valence electrons. The number of benzene rings is 1. The van der Waals surface area contributed by atoms with Gasteiger partial charge in [-0.05, 0) is 30.0 Å². The minimum Gasteiger partial charge on any atom is -0.312 e. The van der Waals surface area contributed by atoms with Gasteiger partial charge in [-0.3, -0.25) is 0 Å². The van der Waals surface area contributed by atoms with E-state index in [9.17, 15) is 17.6 Å². The van der Waals surface area contributed by atoms with Gasteiger partial charge < -0.3 is 5.32 Å². The van der Waals surface area contributed by atoms with Gasteiger partial charge in [0.25, 0.3) is 0 Å². The zero-order valence-electron chi connectivity index (χ0n) is 10.1. The Kier molecular flexibility index (Phi) is 5.47. The highest BCUT2D eigenvalue weighted by Gasteiger charge is 2.31. The molecule has 0 aromatic heterocycles. The van der Waals surface area contributed by atoms with Crippen LogP contribution >= 0.6 is 11.8 Å². The lowest BCUT2D eigenvalue weighted by atomic mass is 10.1. The van der Waals surface area contributed by atoms with Crippen LogP contribution in [0.1, 0.15) is 18.1 Å². The fraction of sp³-hybridized carbons (Fsp3) is 0.500. The zero-order valence-corrected chi connectivity index (χ0v) is 11.0. The van der Waals surface area contributed by atoms with Gasteiger partial charge in [-0.2, -0.15) is 24.9 Å². The molecule has 0 heterocycles. The lowest BCUT2D eigenvalue weighted by molar-refractivity contribution is -0.137. The number of hydrogen-bond donors (Lipinski definition) is 1. The first-order valence-electron chi connectivity index (χ1n) is 5.43. The lowest BCUT2D eigenvalue weighted by Crippen LogP contribution is -2.22. The Bertz CT molecular complexity index is 392. The summed E-state index contributed by atoms with van der Waals surface area (Å²) in [4.78, 5) is 0. The van der Waals surface area contributed by atoms with Crippen molar-refractivity contribution in [3.05, 3.63) is 35.1 Å². The quantitative estimate of drug-likeness (QED) is 0.826. The largest absolute Gasteiger partial charge is 0.416 e. The molecule has 0 radical (unpaired) electrons. The van der Waals surface area contributed by atoms with E-state index >= 15 is 0 Å². The molecule has 6 heteroatoms. The minimum atomic E-state index is -4.51. The summed E-state index contributed by atoms with van der Waals surface area (Å²) in [6, 6.07) is 2.60. The second kappa shape index (κ2) is 6.43. The summed E-state index contributed by atoms with van der Waals surface area (Å²) in [6.45, 7) is 2.90. The number of alkyl halides is 3. The van der Waals surface area contributed by atoms with E-state index in [1.165, 1.54) is 0 Å². The fourth-order valence-corrected chi connectivity index (χ4v) is 1.70. The number of rotatable bonds is 5. The third kappa shape index (κ3) is 4.86. The summed E-state index contributed by atoms with van der Waals surface area (Å²) in [5.41, 5.74) is -0.646. The summed E-state index contributed by atoms with van der Waals surface area (Å²) in [6.07, 6.45) is -2.56. The fourth-order valence-electron chi connectivity index (χ4n) is 1.42. The molecule has 0 fully saturated rings. The third-order valence-electron chi connectivity index (χ3n) is 2.45. The van der Waals surface area contributed by atoms with E-state index in [2.05, 4.69) is 5.32 Å². The van der Waals surface area contributed by atoms with Crippen LogP contribution in [-0.2, 0) is 12.7 Å². The third-order valence-corrected chi connectivity index (χ3v) is 3.42. The minimum absolute atomic E-state index is 0.228. The van der Waals surface area contributed by atoms with Gasteiger partial charge in [0, 0.05) is 18.3 Å². The molecule has 1 N–H and O–H groups in total. The molecule has 0 saturated carbocycles. The monoisotopic (exact) mass is 281 g/mol. The Labute approximate surface area is 108 Å². The van der Waals surface area contributed by atoms with E-state index in [0.29, 0.717) is 23.4 Å². The summed E-state index contributed by atoms with van der Waals surface area (Å²) >= 11 is 1.65. The average molecular weight is 281 g/mol. The lowest BCUT2D eigenvalue weighted by Gasteiger charge is -2.12. The molecule has 1 nitrogen and oxygen atoms in total. The molecule has 1 aromatic rings. The van der Waals surface area contributed by atoms with Crippen LogP contribution in [0.2, 0.25) is 0 Å². The maximum absolute atomic E-state index is 13.1. The SMILES string of the molecule is CSC(C)CNCc1cc(F)cc(C(F)(F)F)c1. The van der Waals surface area contributed by atoms with E-state index < -0.39 is 17.6 Å². The van der Waals surface area contributed by atoms with E-state index in [0.717, 1.165) is 12.1 Å². The van der Waals surface area contributed by atoms with Crippen molar-refractivity contribution in [3.63, 3.8) is 0 Å². The van der Waals surface area contributed by atoms with Gasteiger partial charge >= 0.3 is 6.18 Å². The Morgan fingerprint density at radius 1 is 1.28 bits per heavy atom. The highest BCUT2D eigenvalue weighted by molar-refractivity contribution is 7.99. The molecule has 0 aliphatic rings. The van der Waals surface area contributed by atoms with E-state index in [-0.39, 0.29) is 6.54 Å². The maximum Gasteiger partial charge on any atom is 0.416 e. The highest BCUT2D eigenvalue weighted by Crippen LogP contribution is 2.30. The molecular weight excluding hydrogens is 266 g/mol. The van der Waals surface area contributed by atoms with Crippen molar-refractivity contribution in [1.29, 1.82) is 0 Å². The molecule has 0 spiro atoms. The van der Waals surface area contributed by atoms with Gasteiger partial charge in [-0.1, -0.05) is 6.92 Å². The predicted molar refractivity (Wildman–Crippen MR) is 66.1 cm³/mol. The standard InChI is InChI=1S/C12H15F4NS/c1-8(18-2)6-17-7-9-3-10(12(14,15)16)5-11(13)4-9/h3-5,8,17H,6-7H2,1-2H3. The van der Waals surface area contributed by atoms with E-state index in [1.54, 1.807) is 11.8 Å². The zero-order chi connectivity index (χ0) is 13.8. The number of nitrogens with one attached hydrogen (secondary N) is 1. The van der Waals surface area contributed by atoms with Crippen LogP contribution in [0.5, 0.6) is 0 Å². The van der Waals surface area contributed by atoms with Crippen molar-refractivity contribution in [2.75, 3.05) is 12.8 Å². The Morgan fingerprint density at radius 3 is 2.50 bits per heavy atom. The van der Waals surface area contributed by atoms with Crippen LogP contribution in [0.15, 0.2) is 18.2 Å². The maximum atomic E-state index is 13.1. The number of halogens is 4. The van der Waals surface area contributed by atoms with Crippen LogP contribution in [0.3, 0.4) is 0 Å². The normalized spacial score (nSPS) is 13.7. The molecule has 0 aliphatic carbocycles. The Hall–Kier alpha value is -0.750. The molecule has 1 aromatic carbocycles. The Balaban J connectivity index is 2.69. The average Bonchev–Trinajstić information content (AvgIpc) is 2.27. The van der Waals surface area contributed by atoms with Crippen molar-refractivity contribution in [2.45, 2.75) is 24.9 Å². The van der Waals surface area contributed by atoms with Gasteiger partial charge in [0.1, 0.15) is 5.82 Å². The number of thioether (sulfide) groups is 1. The van der Waals surface area contributed by atoms with Gasteiger partial charge in [-0.15, -0.1) is 0 Å². The van der Waals surface area contributed by atoms with Crippen molar-refractivity contribution < 1.29 is 17.6 Å². The molecule has 1 unspecified atom stereocenters. The molecule has 0 aliphatic heterocycles. The molecule has 18 heavy (non-hydrogen) atoms. The van der Waals surface area contributed by atoms with E-state index in [4.69, 9.17) is 0 Å². The first-order valence-corrected chi connectivity index (χ1v) is 6.72. The van der Waals surface area contributed by atoms with Crippen LogP contribution < -0.4 is 5.32 Å². The van der Waals surface area contributed by atoms with Gasteiger partial charge in [0.15, 0.2) is 0 Å². The van der Waals surface area contributed by atoms with Crippen molar-refractivity contribution in [1.82, 2.24) is 5.32 Å². The van der Waals surface area contributed by atoms with Gasteiger partial charge in [0.2, 0.25) is 0 Å². The smallest absolute Gasteiger partial charge is 0.312 e. The van der Waals surface area contributed by atoms with Crippen molar-refractivity contribution in [3.8, 4) is 0 Å². The summed E-state index contributed by atoms with van der Waals surface area (Å²) in [5.74, 6) is -0.862. The molecular formula is C12H15F4NS. The molecule has 1 atom stereocenters. The Morgan fingerprint density at radius 2 is 1.94 bits per heavy atom. The second-order valence-corrected chi connectivity index (χ2v) is 5.30. The van der Waals surface area contributed by atoms with Crippen LogP contribution in [0.25, 0.3) is 0 Å². The van der Waals surface area contributed by atoms with Crippen LogP contribution in [0, 0.1) is 5.82 Å². The van der Waals surface area contributed by atoms with Crippen molar-refractivity contribution in [2.24, 2.45) is 0 Å². The van der Waals surface area contributed by atoms with Gasteiger partial charge in [-0.25, -0.2) is 4.39 Å². The molecule has 0 saturated heterocycles. The summed E-state index contributed by atoms with van der Waals surface area (Å²) in [7, 11) is 0.